The lowest BCUT2D eigenvalue weighted by Crippen LogP contribution is -1.94. The van der Waals surface area contributed by atoms with Crippen LogP contribution >= 0.6 is 0 Å². The van der Waals surface area contributed by atoms with Gasteiger partial charge in [0.2, 0.25) is 0 Å². The molecule has 0 bridgehead atoms. The molecule has 0 saturated carbocycles. The van der Waals surface area contributed by atoms with E-state index in [4.69, 9.17) is 10.5 Å². The molecule has 0 aliphatic carbocycles. The van der Waals surface area contributed by atoms with Crippen molar-refractivity contribution in [1.82, 2.24) is 15.4 Å². The molecule has 0 aliphatic heterocycles. The average Bonchev–Trinajstić information content (AvgIpc) is 2.58. The summed E-state index contributed by atoms with van der Waals surface area (Å²) < 4.78 is 0. The first kappa shape index (κ1) is 16.8. The number of nitrogens with one attached hydrogen (secondary N) is 1. The molecule has 1 aromatic carbocycles. The summed E-state index contributed by atoms with van der Waals surface area (Å²) in [4.78, 5) is 8.37. The van der Waals surface area contributed by atoms with Crippen molar-refractivity contribution in [2.45, 2.75) is 0 Å². The second kappa shape index (κ2) is 10.9. The van der Waals surface area contributed by atoms with Crippen molar-refractivity contribution in [2.75, 3.05) is 7.05 Å². The zero-order chi connectivity index (χ0) is 15.2. The van der Waals surface area contributed by atoms with Crippen LogP contribution in [-0.2, 0) is 0 Å². The maximum absolute atomic E-state index is 6.50. The Hall–Kier alpha value is -3.25. The van der Waals surface area contributed by atoms with Gasteiger partial charge in [-0.25, -0.2) is 20.5 Å². The van der Waals surface area contributed by atoms with Gasteiger partial charge in [-0.3, -0.25) is 0 Å². The van der Waals surface area contributed by atoms with Gasteiger partial charge in [0.05, 0.1) is 6.21 Å². The lowest BCUT2D eigenvalue weighted by molar-refractivity contribution is 0.908. The second-order valence-corrected chi connectivity index (χ2v) is 3.18. The van der Waals surface area contributed by atoms with Crippen molar-refractivity contribution in [2.24, 2.45) is 5.10 Å². The van der Waals surface area contributed by atoms with Gasteiger partial charge in [0.25, 0.3) is 0 Å². The first-order valence-corrected chi connectivity index (χ1v) is 5.49. The number of nitriles is 2. The minimum absolute atomic E-state index is 0.736. The highest BCUT2D eigenvalue weighted by Crippen LogP contribution is 2.13. The van der Waals surface area contributed by atoms with Gasteiger partial charge in [-0.1, -0.05) is 24.3 Å². The van der Waals surface area contributed by atoms with Crippen molar-refractivity contribution in [3.63, 3.8) is 0 Å². The largest absolute Gasteiger partial charge is 0.313 e. The van der Waals surface area contributed by atoms with E-state index in [-0.39, 0.29) is 0 Å². The van der Waals surface area contributed by atoms with E-state index < -0.39 is 0 Å². The molecule has 0 amide bonds. The lowest BCUT2D eigenvalue weighted by atomic mass is 10.1. The third-order valence-corrected chi connectivity index (χ3v) is 2.08. The monoisotopic (exact) mass is 266 g/mol. The van der Waals surface area contributed by atoms with E-state index in [9.17, 15) is 0 Å². The summed E-state index contributed by atoms with van der Waals surface area (Å²) in [7, 11) is 1.77. The summed E-state index contributed by atoms with van der Waals surface area (Å²) in [6, 6.07) is 9.72. The molecule has 1 N–H and O–H groups in total. The summed E-state index contributed by atoms with van der Waals surface area (Å²) >= 11 is 0. The predicted octanol–water partition coefficient (Wildman–Crippen LogP) is 1.98. The molecule has 2 aromatic rings. The Morgan fingerprint density at radius 1 is 1.05 bits per heavy atom. The van der Waals surface area contributed by atoms with Crippen molar-refractivity contribution >= 4 is 6.21 Å². The Morgan fingerprint density at radius 2 is 1.60 bits per heavy atom. The fraction of sp³-hybridized carbons (Fsp3) is 0.0714. The predicted molar refractivity (Wildman–Crippen MR) is 77.5 cm³/mol. The number of hydrogen-bond acceptors (Lipinski definition) is 6. The van der Waals surface area contributed by atoms with Gasteiger partial charge in [-0.2, -0.15) is 5.10 Å². The maximum Gasteiger partial charge on any atom is 0.159 e. The topological polar surface area (TPSA) is 97.8 Å². The summed E-state index contributed by atoms with van der Waals surface area (Å²) in [5.74, 6) is 0.736. The molecule has 2 rings (SSSR count). The van der Waals surface area contributed by atoms with Crippen LogP contribution in [0.1, 0.15) is 5.56 Å². The summed E-state index contributed by atoms with van der Waals surface area (Å²) in [6.07, 6.45) is 5.23. The van der Waals surface area contributed by atoms with Crippen molar-refractivity contribution in [1.29, 1.82) is 10.5 Å². The molecule has 0 spiro atoms. The van der Waals surface area contributed by atoms with Crippen LogP contribution in [0.4, 0.5) is 0 Å². The lowest BCUT2D eigenvalue weighted by Gasteiger charge is -1.99. The van der Waals surface area contributed by atoms with Crippen molar-refractivity contribution in [3.05, 3.63) is 48.3 Å². The highest BCUT2D eigenvalue weighted by atomic mass is 15.3. The van der Waals surface area contributed by atoms with Gasteiger partial charge < -0.3 is 5.43 Å². The van der Waals surface area contributed by atoms with Crippen LogP contribution in [-0.4, -0.2) is 23.2 Å². The molecule has 1 aromatic heterocycles. The van der Waals surface area contributed by atoms with Gasteiger partial charge in [0.15, 0.2) is 5.82 Å². The smallest absolute Gasteiger partial charge is 0.159 e. The average molecular weight is 266 g/mol. The molecule has 0 fully saturated rings. The van der Waals surface area contributed by atoms with E-state index in [1.54, 1.807) is 31.7 Å². The zero-order valence-corrected chi connectivity index (χ0v) is 11.0. The second-order valence-electron chi connectivity index (χ2n) is 3.18. The maximum atomic E-state index is 6.50. The molecule has 0 radical (unpaired) electrons. The molecule has 0 aliphatic rings. The van der Waals surface area contributed by atoms with Crippen LogP contribution in [0, 0.1) is 23.7 Å². The summed E-state index contributed by atoms with van der Waals surface area (Å²) in [5, 5.41) is 16.9. The van der Waals surface area contributed by atoms with Crippen LogP contribution in [0.2, 0.25) is 0 Å². The number of nitrogens with zero attached hydrogens (tertiary/aromatic N) is 5. The van der Waals surface area contributed by atoms with Crippen molar-refractivity contribution < 1.29 is 0 Å². The Balaban J connectivity index is 0.000000829. The molecule has 0 atom stereocenters. The Morgan fingerprint density at radius 3 is 2.10 bits per heavy atom. The standard InChI is InChI=1S/C12H12N4.2CHN/c1-13-16-9-10-3-5-11(6-4-10)12-14-7-2-8-15-12;2*1-2/h2-9,13H,1H3;2*1H. The third-order valence-electron chi connectivity index (χ3n) is 2.08. The van der Waals surface area contributed by atoms with Gasteiger partial charge in [0.1, 0.15) is 0 Å². The summed E-state index contributed by atoms with van der Waals surface area (Å²) in [6.45, 7) is 7.00. The van der Waals surface area contributed by atoms with Gasteiger partial charge in [0, 0.05) is 38.1 Å². The molecule has 6 heteroatoms. The third kappa shape index (κ3) is 5.39. The Labute approximate surface area is 118 Å². The minimum atomic E-state index is 0.736. The molecule has 100 valence electrons. The number of hydrogen-bond donors (Lipinski definition) is 1. The highest BCUT2D eigenvalue weighted by Gasteiger charge is 1.98. The van der Waals surface area contributed by atoms with E-state index in [2.05, 4.69) is 33.6 Å². The van der Waals surface area contributed by atoms with Crippen LogP contribution < -0.4 is 5.43 Å². The Kier molecular flexibility index (Phi) is 9.11. The van der Waals surface area contributed by atoms with Crippen LogP contribution in [0.3, 0.4) is 0 Å². The summed E-state index contributed by atoms with van der Waals surface area (Å²) in [5.41, 5.74) is 4.75. The highest BCUT2D eigenvalue weighted by molar-refractivity contribution is 5.80. The number of hydrazone groups is 1. The fourth-order valence-corrected chi connectivity index (χ4v) is 1.31. The number of aromatic nitrogens is 2. The number of rotatable bonds is 3. The molecule has 0 saturated heterocycles. The Bertz CT molecular complexity index is 536. The van der Waals surface area contributed by atoms with Crippen LogP contribution in [0.5, 0.6) is 0 Å². The molecular weight excluding hydrogens is 252 g/mol. The van der Waals surface area contributed by atoms with E-state index >= 15 is 0 Å². The molecule has 1 heterocycles. The van der Waals surface area contributed by atoms with E-state index in [0.29, 0.717) is 0 Å². The van der Waals surface area contributed by atoms with Crippen LogP contribution in [0.15, 0.2) is 47.8 Å². The first-order chi connectivity index (χ1) is 9.90. The zero-order valence-electron chi connectivity index (χ0n) is 11.0. The molecular formula is C14H14N6. The fourth-order valence-electron chi connectivity index (χ4n) is 1.31. The molecule has 6 nitrogen and oxygen atoms in total. The van der Waals surface area contributed by atoms with E-state index in [1.807, 2.05) is 24.3 Å². The first-order valence-electron chi connectivity index (χ1n) is 5.49. The number of benzene rings is 1. The minimum Gasteiger partial charge on any atom is -0.313 e. The quantitative estimate of drug-likeness (QED) is 0.676. The van der Waals surface area contributed by atoms with Gasteiger partial charge in [-0.05, 0) is 11.6 Å². The van der Waals surface area contributed by atoms with Gasteiger partial charge in [-0.15, -0.1) is 0 Å². The van der Waals surface area contributed by atoms with Crippen LogP contribution in [0.25, 0.3) is 11.4 Å². The van der Waals surface area contributed by atoms with E-state index in [0.717, 1.165) is 17.0 Å². The normalized spacial score (nSPS) is 8.65. The van der Waals surface area contributed by atoms with Crippen molar-refractivity contribution in [3.8, 4) is 24.5 Å². The SMILES string of the molecule is C#N.C#N.CNN=Cc1ccc(-c2ncccn2)cc1. The van der Waals surface area contributed by atoms with Gasteiger partial charge >= 0.3 is 0 Å². The molecule has 0 unspecified atom stereocenters. The molecule has 20 heavy (non-hydrogen) atoms. The van der Waals surface area contributed by atoms with E-state index in [1.165, 1.54) is 0 Å².